The molecule has 0 amide bonds. The van der Waals surface area contributed by atoms with Gasteiger partial charge >= 0.3 is 5.97 Å². The van der Waals surface area contributed by atoms with Crippen LogP contribution in [0.15, 0.2) is 29.2 Å². The maximum atomic E-state index is 12.6. The van der Waals surface area contributed by atoms with E-state index in [0.717, 1.165) is 28.5 Å². The largest absolute Gasteiger partial charge is 0.454 e. The first-order valence-corrected chi connectivity index (χ1v) is 10.9. The molecule has 2 aromatic rings. The number of ether oxygens (including phenoxy) is 1. The number of esters is 1. The van der Waals surface area contributed by atoms with Crippen LogP contribution in [-0.4, -0.2) is 49.7 Å². The van der Waals surface area contributed by atoms with Crippen molar-refractivity contribution in [1.29, 1.82) is 0 Å². The first-order chi connectivity index (χ1) is 13.5. The molecule has 1 saturated carbocycles. The summed E-state index contributed by atoms with van der Waals surface area (Å²) in [6.07, 6.45) is 2.23. The molecule has 8 heteroatoms. The van der Waals surface area contributed by atoms with E-state index in [-0.39, 0.29) is 16.2 Å². The molecule has 0 N–H and O–H groups in total. The van der Waals surface area contributed by atoms with Crippen LogP contribution < -0.4 is 0 Å². The molecular weight excluding hydrogens is 392 g/mol. The van der Waals surface area contributed by atoms with Crippen molar-refractivity contribution < 1.29 is 22.7 Å². The molecule has 1 aromatic carbocycles. The molecule has 29 heavy (non-hydrogen) atoms. The molecule has 3 rings (SSSR count). The SMILES string of the molecule is Cc1ccc(S(=O)(=O)N(C)C)cc1C(=O)OCC(=O)c1cc(C)n(C2CC2)c1C. The summed E-state index contributed by atoms with van der Waals surface area (Å²) in [4.78, 5) is 25.2. The Kier molecular flexibility index (Phi) is 5.69. The summed E-state index contributed by atoms with van der Waals surface area (Å²) in [5.74, 6) is -0.990. The van der Waals surface area contributed by atoms with Crippen LogP contribution in [0.1, 0.15) is 56.6 Å². The molecule has 0 atom stereocenters. The molecule has 1 aliphatic rings. The minimum atomic E-state index is -3.68. The van der Waals surface area contributed by atoms with Gasteiger partial charge in [-0.05, 0) is 57.4 Å². The summed E-state index contributed by atoms with van der Waals surface area (Å²) in [7, 11) is -0.837. The fourth-order valence-corrected chi connectivity index (χ4v) is 4.36. The Balaban J connectivity index is 1.76. The van der Waals surface area contributed by atoms with Gasteiger partial charge in [0, 0.05) is 37.1 Å². The normalized spacial score (nSPS) is 14.3. The van der Waals surface area contributed by atoms with Crippen LogP contribution in [0.3, 0.4) is 0 Å². The number of carbonyl (C=O) groups excluding carboxylic acids is 2. The van der Waals surface area contributed by atoms with Gasteiger partial charge in [0.15, 0.2) is 6.61 Å². The summed E-state index contributed by atoms with van der Waals surface area (Å²) in [6.45, 7) is 5.17. The third-order valence-corrected chi connectivity index (χ3v) is 7.05. The Hall–Kier alpha value is -2.45. The van der Waals surface area contributed by atoms with E-state index in [1.165, 1.54) is 26.2 Å². The van der Waals surface area contributed by atoms with Gasteiger partial charge in [-0.25, -0.2) is 17.5 Å². The predicted octanol–water partition coefficient (Wildman–Crippen LogP) is 3.04. The highest BCUT2D eigenvalue weighted by Gasteiger charge is 2.28. The van der Waals surface area contributed by atoms with Gasteiger partial charge in [0.1, 0.15) is 0 Å². The number of nitrogens with zero attached hydrogens (tertiary/aromatic N) is 2. The van der Waals surface area contributed by atoms with Gasteiger partial charge in [0.05, 0.1) is 10.5 Å². The first-order valence-electron chi connectivity index (χ1n) is 9.46. The van der Waals surface area contributed by atoms with E-state index in [0.29, 0.717) is 17.2 Å². The first kappa shape index (κ1) is 21.3. The Labute approximate surface area is 171 Å². The van der Waals surface area contributed by atoms with Gasteiger partial charge in [-0.1, -0.05) is 6.07 Å². The molecule has 1 aromatic heterocycles. The zero-order valence-electron chi connectivity index (χ0n) is 17.4. The van der Waals surface area contributed by atoms with Crippen molar-refractivity contribution in [2.24, 2.45) is 0 Å². The Morgan fingerprint density at radius 1 is 1.10 bits per heavy atom. The molecular formula is C21H26N2O5S. The molecule has 0 saturated heterocycles. The molecule has 156 valence electrons. The average Bonchev–Trinajstić information content (AvgIpc) is 3.44. The number of ketones is 1. The number of hydrogen-bond acceptors (Lipinski definition) is 5. The van der Waals surface area contributed by atoms with E-state index < -0.39 is 22.6 Å². The maximum absolute atomic E-state index is 12.6. The second kappa shape index (κ2) is 7.76. The van der Waals surface area contributed by atoms with E-state index >= 15 is 0 Å². The smallest absolute Gasteiger partial charge is 0.338 e. The number of sulfonamides is 1. The number of carbonyl (C=O) groups is 2. The zero-order chi connectivity index (χ0) is 21.5. The number of hydrogen-bond donors (Lipinski definition) is 0. The summed E-state index contributed by atoms with van der Waals surface area (Å²) in [5.41, 5.74) is 3.18. The molecule has 1 fully saturated rings. The van der Waals surface area contributed by atoms with E-state index in [1.54, 1.807) is 13.0 Å². The third kappa shape index (κ3) is 4.13. The lowest BCUT2D eigenvalue weighted by molar-refractivity contribution is 0.0473. The summed E-state index contributed by atoms with van der Waals surface area (Å²) < 4.78 is 33.1. The van der Waals surface area contributed by atoms with Crippen LogP contribution in [0.5, 0.6) is 0 Å². The topological polar surface area (TPSA) is 85.7 Å². The van der Waals surface area contributed by atoms with E-state index in [9.17, 15) is 18.0 Å². The van der Waals surface area contributed by atoms with E-state index in [1.807, 2.05) is 19.9 Å². The number of benzene rings is 1. The number of rotatable bonds is 7. The van der Waals surface area contributed by atoms with Gasteiger partial charge < -0.3 is 9.30 Å². The van der Waals surface area contributed by atoms with Crippen molar-refractivity contribution in [3.63, 3.8) is 0 Å². The second-order valence-corrected chi connectivity index (χ2v) is 9.80. The lowest BCUT2D eigenvalue weighted by atomic mass is 10.1. The van der Waals surface area contributed by atoms with Crippen molar-refractivity contribution in [1.82, 2.24) is 8.87 Å². The fraction of sp³-hybridized carbons (Fsp3) is 0.429. The van der Waals surface area contributed by atoms with Crippen LogP contribution in [0.4, 0.5) is 0 Å². The van der Waals surface area contributed by atoms with Crippen molar-refractivity contribution in [3.8, 4) is 0 Å². The van der Waals surface area contributed by atoms with Crippen molar-refractivity contribution in [2.45, 2.75) is 44.6 Å². The quantitative estimate of drug-likeness (QED) is 0.510. The maximum Gasteiger partial charge on any atom is 0.338 e. The monoisotopic (exact) mass is 418 g/mol. The second-order valence-electron chi connectivity index (χ2n) is 7.65. The molecule has 1 aliphatic carbocycles. The van der Waals surface area contributed by atoms with Crippen LogP contribution >= 0.6 is 0 Å². The fourth-order valence-electron chi connectivity index (χ4n) is 3.43. The highest BCUT2D eigenvalue weighted by molar-refractivity contribution is 7.89. The van der Waals surface area contributed by atoms with Crippen LogP contribution in [0, 0.1) is 20.8 Å². The summed E-state index contributed by atoms with van der Waals surface area (Å²) >= 11 is 0. The molecule has 0 bridgehead atoms. The Bertz CT molecular complexity index is 1080. The van der Waals surface area contributed by atoms with Gasteiger partial charge in [0.2, 0.25) is 15.8 Å². The van der Waals surface area contributed by atoms with Crippen LogP contribution in [-0.2, 0) is 14.8 Å². The molecule has 0 radical (unpaired) electrons. The van der Waals surface area contributed by atoms with Crippen molar-refractivity contribution in [3.05, 3.63) is 52.3 Å². The van der Waals surface area contributed by atoms with Crippen molar-refractivity contribution in [2.75, 3.05) is 20.7 Å². The average molecular weight is 419 g/mol. The number of aryl methyl sites for hydroxylation is 2. The standard InChI is InChI=1S/C21H26N2O5S/c1-13-6-9-17(29(26,27)22(4)5)11-18(13)21(25)28-12-20(24)19-10-14(2)23(15(19)3)16-7-8-16/h6,9-11,16H,7-8,12H2,1-5H3. The molecule has 1 heterocycles. The Morgan fingerprint density at radius 2 is 1.76 bits per heavy atom. The molecule has 0 spiro atoms. The highest BCUT2D eigenvalue weighted by atomic mass is 32.2. The molecule has 0 unspecified atom stereocenters. The van der Waals surface area contributed by atoms with Gasteiger partial charge in [0.25, 0.3) is 0 Å². The summed E-state index contributed by atoms with van der Waals surface area (Å²) in [5, 5.41) is 0. The number of aromatic nitrogens is 1. The highest BCUT2D eigenvalue weighted by Crippen LogP contribution is 2.38. The van der Waals surface area contributed by atoms with E-state index in [2.05, 4.69) is 4.57 Å². The third-order valence-electron chi connectivity index (χ3n) is 5.24. The predicted molar refractivity (Wildman–Crippen MR) is 109 cm³/mol. The molecule has 7 nitrogen and oxygen atoms in total. The van der Waals surface area contributed by atoms with Gasteiger partial charge in [-0.15, -0.1) is 0 Å². The minimum Gasteiger partial charge on any atom is -0.454 e. The minimum absolute atomic E-state index is 0.000597. The van der Waals surface area contributed by atoms with Crippen molar-refractivity contribution >= 4 is 21.8 Å². The van der Waals surface area contributed by atoms with Crippen LogP contribution in [0.25, 0.3) is 0 Å². The lowest BCUT2D eigenvalue weighted by Crippen LogP contribution is -2.23. The number of Topliss-reactive ketones (excluding diaryl/α,β-unsaturated/α-hetero) is 1. The van der Waals surface area contributed by atoms with Gasteiger partial charge in [-0.2, -0.15) is 0 Å². The van der Waals surface area contributed by atoms with Gasteiger partial charge in [-0.3, -0.25) is 4.79 Å². The summed E-state index contributed by atoms with van der Waals surface area (Å²) in [6, 6.07) is 6.58. The van der Waals surface area contributed by atoms with E-state index in [4.69, 9.17) is 4.74 Å². The Morgan fingerprint density at radius 3 is 2.34 bits per heavy atom. The molecule has 0 aliphatic heterocycles. The lowest BCUT2D eigenvalue weighted by Gasteiger charge is -2.13. The zero-order valence-corrected chi connectivity index (χ0v) is 18.2. The van der Waals surface area contributed by atoms with Crippen LogP contribution in [0.2, 0.25) is 0 Å².